The lowest BCUT2D eigenvalue weighted by atomic mass is 10.1. The molecule has 6 heteroatoms. The van der Waals surface area contributed by atoms with Gasteiger partial charge in [-0.2, -0.15) is 0 Å². The number of benzene rings is 2. The largest absolute Gasteiger partial charge is 0.496 e. The third-order valence-corrected chi connectivity index (χ3v) is 5.10. The van der Waals surface area contributed by atoms with Crippen LogP contribution in [-0.4, -0.2) is 12.9 Å². The van der Waals surface area contributed by atoms with E-state index >= 15 is 0 Å². The van der Waals surface area contributed by atoms with Gasteiger partial charge in [0.1, 0.15) is 18.1 Å². The van der Waals surface area contributed by atoms with Crippen LogP contribution in [0.15, 0.2) is 36.4 Å². The molecule has 0 atom stereocenters. The first-order valence-corrected chi connectivity index (χ1v) is 9.27. The van der Waals surface area contributed by atoms with Gasteiger partial charge in [-0.3, -0.25) is 4.79 Å². The van der Waals surface area contributed by atoms with E-state index in [9.17, 15) is 4.79 Å². The molecule has 0 N–H and O–H groups in total. The standard InChI is InChI=1S/C20H17Cl3O3/c1-25-19-7-3-12(2-6-18(24)13-4-5-13)8-14(19)11-26-20-10-16(22)15(21)9-17(20)23/h2-3,6-10,13H,4-5,11H2,1H3/b6-2+. The van der Waals surface area contributed by atoms with Crippen molar-refractivity contribution in [3.63, 3.8) is 0 Å². The topological polar surface area (TPSA) is 35.5 Å². The number of hydrogen-bond donors (Lipinski definition) is 0. The average molecular weight is 412 g/mol. The van der Waals surface area contributed by atoms with Crippen LogP contribution in [0.1, 0.15) is 24.0 Å². The van der Waals surface area contributed by atoms with Gasteiger partial charge in [0.15, 0.2) is 5.78 Å². The van der Waals surface area contributed by atoms with E-state index in [1.54, 1.807) is 25.3 Å². The highest BCUT2D eigenvalue weighted by Crippen LogP contribution is 2.35. The lowest BCUT2D eigenvalue weighted by Gasteiger charge is -2.13. The monoisotopic (exact) mass is 410 g/mol. The molecule has 2 aromatic rings. The van der Waals surface area contributed by atoms with E-state index in [2.05, 4.69) is 0 Å². The van der Waals surface area contributed by atoms with E-state index in [4.69, 9.17) is 44.3 Å². The zero-order valence-electron chi connectivity index (χ0n) is 14.1. The number of carbonyl (C=O) groups excluding carboxylic acids is 1. The molecule has 136 valence electrons. The minimum Gasteiger partial charge on any atom is -0.496 e. The van der Waals surface area contributed by atoms with Crippen LogP contribution in [0.3, 0.4) is 0 Å². The van der Waals surface area contributed by atoms with Gasteiger partial charge in [-0.05, 0) is 42.7 Å². The molecule has 0 bridgehead atoms. The third-order valence-electron chi connectivity index (χ3n) is 4.08. The highest BCUT2D eigenvalue weighted by molar-refractivity contribution is 6.43. The molecule has 26 heavy (non-hydrogen) atoms. The molecule has 0 saturated heterocycles. The Kier molecular flexibility index (Phi) is 6.13. The molecule has 0 spiro atoms. The van der Waals surface area contributed by atoms with E-state index in [-0.39, 0.29) is 18.3 Å². The quantitative estimate of drug-likeness (QED) is 0.400. The molecule has 2 aromatic carbocycles. The van der Waals surface area contributed by atoms with E-state index in [1.807, 2.05) is 24.3 Å². The van der Waals surface area contributed by atoms with Crippen molar-refractivity contribution in [1.29, 1.82) is 0 Å². The molecule has 1 aliphatic carbocycles. The average Bonchev–Trinajstić information content (AvgIpc) is 3.47. The van der Waals surface area contributed by atoms with E-state index in [1.165, 1.54) is 0 Å². The SMILES string of the molecule is COc1ccc(/C=C/C(=O)C2CC2)cc1COc1cc(Cl)c(Cl)cc1Cl. The molecule has 1 saturated carbocycles. The van der Waals surface area contributed by atoms with Crippen LogP contribution in [0.2, 0.25) is 15.1 Å². The first kappa shape index (κ1) is 19.1. The smallest absolute Gasteiger partial charge is 0.158 e. The van der Waals surface area contributed by atoms with Gasteiger partial charge in [0, 0.05) is 17.5 Å². The summed E-state index contributed by atoms with van der Waals surface area (Å²) >= 11 is 18.1. The molecule has 0 amide bonds. The van der Waals surface area contributed by atoms with Crippen molar-refractivity contribution in [2.45, 2.75) is 19.4 Å². The van der Waals surface area contributed by atoms with Gasteiger partial charge in [-0.15, -0.1) is 0 Å². The van der Waals surface area contributed by atoms with Gasteiger partial charge in [0.2, 0.25) is 0 Å². The van der Waals surface area contributed by atoms with Crippen molar-refractivity contribution in [3.8, 4) is 11.5 Å². The van der Waals surface area contributed by atoms with Crippen LogP contribution in [-0.2, 0) is 11.4 Å². The van der Waals surface area contributed by atoms with Crippen molar-refractivity contribution >= 4 is 46.7 Å². The predicted molar refractivity (Wildman–Crippen MR) is 106 cm³/mol. The van der Waals surface area contributed by atoms with Gasteiger partial charge in [0.05, 0.1) is 22.2 Å². The van der Waals surface area contributed by atoms with Crippen LogP contribution in [0, 0.1) is 5.92 Å². The number of hydrogen-bond acceptors (Lipinski definition) is 3. The van der Waals surface area contributed by atoms with Crippen LogP contribution in [0.25, 0.3) is 6.08 Å². The second-order valence-electron chi connectivity index (χ2n) is 6.07. The molecule has 0 unspecified atom stereocenters. The second-order valence-corrected chi connectivity index (χ2v) is 7.29. The third kappa shape index (κ3) is 4.73. The Labute approximate surface area is 167 Å². The molecule has 1 aliphatic rings. The molecular weight excluding hydrogens is 395 g/mol. The van der Waals surface area contributed by atoms with Crippen molar-refractivity contribution < 1.29 is 14.3 Å². The van der Waals surface area contributed by atoms with E-state index < -0.39 is 0 Å². The highest BCUT2D eigenvalue weighted by Gasteiger charge is 2.27. The lowest BCUT2D eigenvalue weighted by molar-refractivity contribution is -0.115. The van der Waals surface area contributed by atoms with Crippen LogP contribution >= 0.6 is 34.8 Å². The molecular formula is C20H17Cl3O3. The lowest BCUT2D eigenvalue weighted by Crippen LogP contribution is -2.00. The van der Waals surface area contributed by atoms with E-state index in [0.717, 1.165) is 24.0 Å². The van der Waals surface area contributed by atoms with Crippen molar-refractivity contribution in [1.82, 2.24) is 0 Å². The maximum atomic E-state index is 11.8. The summed E-state index contributed by atoms with van der Waals surface area (Å²) in [5.74, 6) is 1.52. The highest BCUT2D eigenvalue weighted by atomic mass is 35.5. The van der Waals surface area contributed by atoms with Gasteiger partial charge < -0.3 is 9.47 Å². The fraction of sp³-hybridized carbons (Fsp3) is 0.250. The summed E-state index contributed by atoms with van der Waals surface area (Å²) in [6.45, 7) is 0.235. The Morgan fingerprint density at radius 1 is 1.08 bits per heavy atom. The zero-order valence-corrected chi connectivity index (χ0v) is 16.4. The van der Waals surface area contributed by atoms with Crippen LogP contribution < -0.4 is 9.47 Å². The maximum Gasteiger partial charge on any atom is 0.158 e. The minimum atomic E-state index is 0.182. The van der Waals surface area contributed by atoms with Crippen molar-refractivity contribution in [2.24, 2.45) is 5.92 Å². The Bertz CT molecular complexity index is 858. The van der Waals surface area contributed by atoms with Crippen molar-refractivity contribution in [2.75, 3.05) is 7.11 Å². The number of carbonyl (C=O) groups is 1. The molecule has 1 fully saturated rings. The van der Waals surface area contributed by atoms with Crippen LogP contribution in [0.5, 0.6) is 11.5 Å². The second kappa shape index (κ2) is 8.34. The number of ether oxygens (including phenoxy) is 2. The molecule has 3 nitrogen and oxygen atoms in total. The predicted octanol–water partition coefficient (Wildman–Crippen LogP) is 6.23. The van der Waals surface area contributed by atoms with Gasteiger partial charge in [-0.25, -0.2) is 0 Å². The maximum absolute atomic E-state index is 11.8. The minimum absolute atomic E-state index is 0.182. The normalized spacial score (nSPS) is 13.8. The zero-order chi connectivity index (χ0) is 18.7. The van der Waals surface area contributed by atoms with Gasteiger partial charge in [0.25, 0.3) is 0 Å². The number of halogens is 3. The summed E-state index contributed by atoms with van der Waals surface area (Å²) in [6.07, 6.45) is 5.44. The van der Waals surface area contributed by atoms with Crippen LogP contribution in [0.4, 0.5) is 0 Å². The first-order valence-electron chi connectivity index (χ1n) is 8.14. The summed E-state index contributed by atoms with van der Waals surface area (Å²) in [7, 11) is 1.59. The molecule has 0 aliphatic heterocycles. The Hall–Kier alpha value is -1.68. The Morgan fingerprint density at radius 2 is 1.81 bits per heavy atom. The molecule has 3 rings (SSSR count). The Morgan fingerprint density at radius 3 is 2.50 bits per heavy atom. The summed E-state index contributed by atoms with van der Waals surface area (Å²) in [4.78, 5) is 11.8. The molecule has 0 radical (unpaired) electrons. The fourth-order valence-electron chi connectivity index (χ4n) is 2.47. The number of rotatable bonds is 7. The summed E-state index contributed by atoms with van der Waals surface area (Å²) < 4.78 is 11.2. The fourth-order valence-corrected chi connectivity index (χ4v) is 3.06. The van der Waals surface area contributed by atoms with E-state index in [0.29, 0.717) is 26.6 Å². The summed E-state index contributed by atoms with van der Waals surface area (Å²) in [6, 6.07) is 8.78. The number of methoxy groups -OCH3 is 1. The summed E-state index contributed by atoms with van der Waals surface area (Å²) in [5, 5.41) is 1.12. The number of ketones is 1. The first-order chi connectivity index (χ1) is 12.5. The van der Waals surface area contributed by atoms with Crippen molar-refractivity contribution in [3.05, 3.63) is 62.6 Å². The molecule has 0 heterocycles. The van der Waals surface area contributed by atoms with Gasteiger partial charge in [-0.1, -0.05) is 46.9 Å². The van der Waals surface area contributed by atoms with Gasteiger partial charge >= 0.3 is 0 Å². The molecule has 0 aromatic heterocycles. The Balaban J connectivity index is 1.76. The summed E-state index contributed by atoms with van der Waals surface area (Å²) in [5.41, 5.74) is 1.73. The number of allylic oxidation sites excluding steroid dienone is 1.